The third kappa shape index (κ3) is 4.34. The molecule has 0 spiro atoms. The van der Waals surface area contributed by atoms with Gasteiger partial charge in [-0.15, -0.1) is 12.3 Å². The largest absolute Gasteiger partial charge is 0.274 e. The van der Waals surface area contributed by atoms with Gasteiger partial charge in [0.2, 0.25) is 5.91 Å². The van der Waals surface area contributed by atoms with Gasteiger partial charge in [0.15, 0.2) is 0 Å². The molecule has 5 nitrogen and oxygen atoms in total. The Morgan fingerprint density at radius 2 is 1.95 bits per heavy atom. The zero-order chi connectivity index (χ0) is 15.9. The second kappa shape index (κ2) is 7.47. The van der Waals surface area contributed by atoms with Gasteiger partial charge in [-0.1, -0.05) is 17.7 Å². The average Bonchev–Trinajstić information content (AvgIpc) is 2.45. The van der Waals surface area contributed by atoms with E-state index in [0.717, 1.165) is 5.56 Å². The van der Waals surface area contributed by atoms with E-state index in [1.54, 1.807) is 18.2 Å². The number of hydrogen-bond acceptors (Lipinski definition) is 4. The van der Waals surface area contributed by atoms with Crippen LogP contribution in [-0.4, -0.2) is 25.2 Å². The molecular formula is C15H16N2O3S. The molecule has 0 saturated heterocycles. The van der Waals surface area contributed by atoms with E-state index in [9.17, 15) is 13.2 Å². The van der Waals surface area contributed by atoms with Gasteiger partial charge in [0.1, 0.15) is 6.54 Å². The van der Waals surface area contributed by atoms with Gasteiger partial charge in [0.25, 0.3) is 10.0 Å². The van der Waals surface area contributed by atoms with Crippen molar-refractivity contribution in [3.8, 4) is 18.4 Å². The Kier molecular flexibility index (Phi) is 5.95. The fraction of sp³-hybridized carbons (Fsp3) is 0.333. The van der Waals surface area contributed by atoms with Crippen LogP contribution in [0.1, 0.15) is 24.8 Å². The van der Waals surface area contributed by atoms with Crippen LogP contribution >= 0.6 is 0 Å². The molecule has 0 aliphatic carbocycles. The fourth-order valence-electron chi connectivity index (χ4n) is 1.68. The monoisotopic (exact) mass is 304 g/mol. The Morgan fingerprint density at radius 3 is 2.48 bits per heavy atom. The highest BCUT2D eigenvalue weighted by Gasteiger charge is 2.28. The lowest BCUT2D eigenvalue weighted by molar-refractivity contribution is -0.126. The fourth-order valence-corrected chi connectivity index (χ4v) is 3.00. The molecule has 0 unspecified atom stereocenters. The Balaban J connectivity index is 3.04. The van der Waals surface area contributed by atoms with Crippen molar-refractivity contribution in [3.63, 3.8) is 0 Å². The second-order valence-electron chi connectivity index (χ2n) is 4.43. The Hall–Kier alpha value is -2.31. The van der Waals surface area contributed by atoms with Crippen molar-refractivity contribution in [2.24, 2.45) is 0 Å². The maximum absolute atomic E-state index is 12.4. The molecule has 0 saturated carbocycles. The zero-order valence-electron chi connectivity index (χ0n) is 11.7. The number of nitriles is 1. The second-order valence-corrected chi connectivity index (χ2v) is 6.30. The minimum absolute atomic E-state index is 0.00300. The van der Waals surface area contributed by atoms with E-state index in [2.05, 4.69) is 5.92 Å². The highest BCUT2D eigenvalue weighted by molar-refractivity contribution is 7.89. The molecule has 1 rings (SSSR count). The van der Waals surface area contributed by atoms with Crippen molar-refractivity contribution in [1.82, 2.24) is 4.31 Å². The molecule has 0 bridgehead atoms. The summed E-state index contributed by atoms with van der Waals surface area (Å²) in [6.07, 6.45) is 5.87. The Morgan fingerprint density at radius 1 is 1.33 bits per heavy atom. The molecule has 0 aromatic heterocycles. The maximum atomic E-state index is 12.4. The predicted molar refractivity (Wildman–Crippen MR) is 78.4 cm³/mol. The predicted octanol–water partition coefficient (Wildman–Crippen LogP) is 1.84. The van der Waals surface area contributed by atoms with Crippen LogP contribution in [0, 0.1) is 30.6 Å². The molecule has 0 N–H and O–H groups in total. The molecule has 0 fully saturated rings. The summed E-state index contributed by atoms with van der Waals surface area (Å²) < 4.78 is 25.4. The normalized spacial score (nSPS) is 10.4. The van der Waals surface area contributed by atoms with Gasteiger partial charge in [-0.05, 0) is 25.5 Å². The van der Waals surface area contributed by atoms with Crippen LogP contribution in [0.5, 0.6) is 0 Å². The molecule has 0 aliphatic heterocycles. The highest BCUT2D eigenvalue weighted by Crippen LogP contribution is 2.17. The van der Waals surface area contributed by atoms with E-state index >= 15 is 0 Å². The number of benzene rings is 1. The van der Waals surface area contributed by atoms with Gasteiger partial charge in [-0.3, -0.25) is 4.79 Å². The van der Waals surface area contributed by atoms with Crippen LogP contribution in [0.4, 0.5) is 0 Å². The molecular weight excluding hydrogens is 288 g/mol. The van der Waals surface area contributed by atoms with E-state index in [-0.39, 0.29) is 11.3 Å². The van der Waals surface area contributed by atoms with E-state index in [4.69, 9.17) is 11.7 Å². The van der Waals surface area contributed by atoms with E-state index in [1.807, 2.05) is 6.92 Å². The summed E-state index contributed by atoms with van der Waals surface area (Å²) >= 11 is 0. The van der Waals surface area contributed by atoms with Crippen molar-refractivity contribution in [2.45, 2.75) is 31.1 Å². The maximum Gasteiger partial charge on any atom is 0.267 e. The number of sulfonamides is 1. The van der Waals surface area contributed by atoms with Gasteiger partial charge < -0.3 is 0 Å². The molecule has 0 aliphatic rings. The van der Waals surface area contributed by atoms with E-state index in [1.165, 1.54) is 12.1 Å². The third-order valence-corrected chi connectivity index (χ3v) is 4.59. The first kappa shape index (κ1) is 16.7. The smallest absolute Gasteiger partial charge is 0.267 e. The summed E-state index contributed by atoms with van der Waals surface area (Å²) in [5, 5.41) is 8.77. The molecule has 0 heterocycles. The standard InChI is InChI=1S/C15H16N2O3S/c1-3-4-5-6-15(18)17(12-11-16)21(19,20)14-9-7-13(2)8-10-14/h1,7-10H,4-6,12H2,2H3. The summed E-state index contributed by atoms with van der Waals surface area (Å²) in [5.41, 5.74) is 0.904. The van der Waals surface area contributed by atoms with Gasteiger partial charge in [0.05, 0.1) is 11.0 Å². The van der Waals surface area contributed by atoms with Crippen LogP contribution in [-0.2, 0) is 14.8 Å². The first-order valence-electron chi connectivity index (χ1n) is 6.36. The first-order chi connectivity index (χ1) is 9.93. The number of aryl methyl sites for hydroxylation is 1. The van der Waals surface area contributed by atoms with Crippen molar-refractivity contribution in [2.75, 3.05) is 6.54 Å². The SMILES string of the molecule is C#CCCCC(=O)N(CC#N)S(=O)(=O)c1ccc(C)cc1. The molecule has 21 heavy (non-hydrogen) atoms. The number of carbonyl (C=O) groups is 1. The number of amides is 1. The summed E-state index contributed by atoms with van der Waals surface area (Å²) in [6, 6.07) is 7.83. The molecule has 0 radical (unpaired) electrons. The van der Waals surface area contributed by atoms with Crippen molar-refractivity contribution < 1.29 is 13.2 Å². The number of carbonyl (C=O) groups excluding carboxylic acids is 1. The Labute approximate surface area is 125 Å². The zero-order valence-corrected chi connectivity index (χ0v) is 12.6. The van der Waals surface area contributed by atoms with E-state index < -0.39 is 22.5 Å². The topological polar surface area (TPSA) is 78.2 Å². The first-order valence-corrected chi connectivity index (χ1v) is 7.80. The lowest BCUT2D eigenvalue weighted by Gasteiger charge is -2.19. The van der Waals surface area contributed by atoms with Gasteiger partial charge in [-0.2, -0.15) is 5.26 Å². The van der Waals surface area contributed by atoms with Gasteiger partial charge in [-0.25, -0.2) is 12.7 Å². The van der Waals surface area contributed by atoms with Crippen LogP contribution in [0.2, 0.25) is 0 Å². The van der Waals surface area contributed by atoms with E-state index in [0.29, 0.717) is 17.1 Å². The average molecular weight is 304 g/mol. The molecule has 1 aromatic carbocycles. The van der Waals surface area contributed by atoms with Crippen LogP contribution in [0.15, 0.2) is 29.2 Å². The van der Waals surface area contributed by atoms with Crippen LogP contribution in [0.3, 0.4) is 0 Å². The molecule has 1 aromatic rings. The quantitative estimate of drug-likeness (QED) is 0.456. The Bertz CT molecular complexity index is 679. The molecule has 0 atom stereocenters. The van der Waals surface area contributed by atoms with Crippen LogP contribution < -0.4 is 0 Å². The van der Waals surface area contributed by atoms with Crippen molar-refractivity contribution in [1.29, 1.82) is 5.26 Å². The van der Waals surface area contributed by atoms with Gasteiger partial charge >= 0.3 is 0 Å². The molecule has 110 valence electrons. The van der Waals surface area contributed by atoms with Gasteiger partial charge in [0, 0.05) is 12.8 Å². The van der Waals surface area contributed by atoms with Crippen molar-refractivity contribution >= 4 is 15.9 Å². The number of hydrogen-bond donors (Lipinski definition) is 0. The summed E-state index contributed by atoms with van der Waals surface area (Å²) in [6.45, 7) is 1.32. The number of unbranched alkanes of at least 4 members (excludes halogenated alkanes) is 1. The summed E-state index contributed by atoms with van der Waals surface area (Å²) in [4.78, 5) is 12.0. The minimum atomic E-state index is -4.01. The number of terminal acetylenes is 1. The third-order valence-electron chi connectivity index (χ3n) is 2.81. The summed E-state index contributed by atoms with van der Waals surface area (Å²) in [5.74, 6) is 1.77. The summed E-state index contributed by atoms with van der Waals surface area (Å²) in [7, 11) is -4.01. The number of rotatable bonds is 6. The lowest BCUT2D eigenvalue weighted by atomic mass is 10.2. The van der Waals surface area contributed by atoms with Crippen molar-refractivity contribution in [3.05, 3.63) is 29.8 Å². The molecule has 6 heteroatoms. The number of nitrogens with zero attached hydrogens (tertiary/aromatic N) is 2. The highest BCUT2D eigenvalue weighted by atomic mass is 32.2. The minimum Gasteiger partial charge on any atom is -0.274 e. The molecule has 1 amide bonds. The lowest BCUT2D eigenvalue weighted by Crippen LogP contribution is -2.37. The van der Waals surface area contributed by atoms with Crippen LogP contribution in [0.25, 0.3) is 0 Å².